The van der Waals surface area contributed by atoms with E-state index in [0.29, 0.717) is 6.42 Å². The van der Waals surface area contributed by atoms with Crippen LogP contribution in [-0.2, 0) is 43.2 Å². The SMILES string of the molecule is CC[C@H](C)[C@H](NC(=O)[C@H](CC(C)C)NC(=O)[C@H](C)NC(=O)[C@@H](NC(=O)CNC(=O)[C@@H](NC(=O)[C@H](CC(C)C)NC(=O)[C@@H](NC(=O)CN)C(C)C)C(C)C)C(C)C)C(=O)O. The van der Waals surface area contributed by atoms with Crippen LogP contribution in [0.3, 0.4) is 0 Å². The Kier molecular flexibility index (Phi) is 24.2. The van der Waals surface area contributed by atoms with Gasteiger partial charge in [0, 0.05) is 0 Å². The van der Waals surface area contributed by atoms with Gasteiger partial charge in [-0.25, -0.2) is 4.79 Å². The molecule has 338 valence electrons. The maximum Gasteiger partial charge on any atom is 0.326 e. The smallest absolute Gasteiger partial charge is 0.326 e. The Balaban J connectivity index is 5.70. The van der Waals surface area contributed by atoms with E-state index in [1.807, 2.05) is 27.7 Å². The van der Waals surface area contributed by atoms with E-state index in [1.165, 1.54) is 6.92 Å². The molecule has 0 rings (SSSR count). The summed E-state index contributed by atoms with van der Waals surface area (Å²) in [6, 6.07) is -7.66. The average molecular weight is 840 g/mol. The molecule has 0 saturated carbocycles. The lowest BCUT2D eigenvalue weighted by Gasteiger charge is -2.28. The molecule has 0 aromatic carbocycles. The molecule has 19 nitrogen and oxygen atoms in total. The number of carbonyl (C=O) groups is 9. The van der Waals surface area contributed by atoms with E-state index < -0.39 is 114 Å². The number of carboxylic acids is 1. The van der Waals surface area contributed by atoms with Gasteiger partial charge in [-0.15, -0.1) is 0 Å². The van der Waals surface area contributed by atoms with E-state index in [9.17, 15) is 48.3 Å². The third kappa shape index (κ3) is 19.7. The molecular formula is C40H73N9O10. The van der Waals surface area contributed by atoms with Gasteiger partial charge in [0.15, 0.2) is 0 Å². The number of rotatable bonds is 26. The summed E-state index contributed by atoms with van der Waals surface area (Å²) in [7, 11) is 0. The first kappa shape index (κ1) is 54.2. The number of hydrogen-bond donors (Lipinski definition) is 10. The van der Waals surface area contributed by atoms with Crippen molar-refractivity contribution < 1.29 is 48.3 Å². The summed E-state index contributed by atoms with van der Waals surface area (Å²) < 4.78 is 0. The largest absolute Gasteiger partial charge is 0.480 e. The van der Waals surface area contributed by atoms with Gasteiger partial charge in [-0.3, -0.25) is 38.4 Å². The molecule has 0 fully saturated rings. The topological polar surface area (TPSA) is 296 Å². The van der Waals surface area contributed by atoms with Crippen LogP contribution in [0, 0.1) is 35.5 Å². The Morgan fingerprint density at radius 3 is 1.25 bits per heavy atom. The summed E-state index contributed by atoms with van der Waals surface area (Å²) in [5.41, 5.74) is 5.40. The fourth-order valence-electron chi connectivity index (χ4n) is 5.86. The van der Waals surface area contributed by atoms with E-state index in [1.54, 1.807) is 55.4 Å². The minimum atomic E-state index is -1.20. The molecule has 0 aliphatic carbocycles. The zero-order chi connectivity index (χ0) is 45.9. The lowest BCUT2D eigenvalue weighted by Crippen LogP contribution is -2.60. The van der Waals surface area contributed by atoms with Crippen molar-refractivity contribution in [2.45, 2.75) is 152 Å². The molecule has 0 heterocycles. The molecule has 0 bridgehead atoms. The molecule has 0 spiro atoms. The van der Waals surface area contributed by atoms with Crippen molar-refractivity contribution >= 4 is 53.2 Å². The van der Waals surface area contributed by atoms with Crippen molar-refractivity contribution in [3.05, 3.63) is 0 Å². The number of carbonyl (C=O) groups excluding carboxylic acids is 8. The van der Waals surface area contributed by atoms with E-state index >= 15 is 0 Å². The normalized spacial score (nSPS) is 15.5. The Morgan fingerprint density at radius 2 is 0.864 bits per heavy atom. The van der Waals surface area contributed by atoms with Gasteiger partial charge in [0.1, 0.15) is 42.3 Å². The predicted octanol–water partition coefficient (Wildman–Crippen LogP) is -0.334. The van der Waals surface area contributed by atoms with Crippen molar-refractivity contribution in [1.29, 1.82) is 0 Å². The molecule has 0 aromatic rings. The van der Waals surface area contributed by atoms with Crippen LogP contribution in [0.25, 0.3) is 0 Å². The number of nitrogens with two attached hydrogens (primary N) is 1. The van der Waals surface area contributed by atoms with Crippen molar-refractivity contribution in [3.8, 4) is 0 Å². The highest BCUT2D eigenvalue weighted by molar-refractivity contribution is 5.97. The van der Waals surface area contributed by atoms with Gasteiger partial charge in [0.25, 0.3) is 0 Å². The van der Waals surface area contributed by atoms with E-state index in [2.05, 4.69) is 42.5 Å². The highest BCUT2D eigenvalue weighted by Gasteiger charge is 2.34. The Hall–Kier alpha value is -4.81. The fraction of sp³-hybridized carbons (Fsp3) is 0.775. The van der Waals surface area contributed by atoms with Crippen molar-refractivity contribution in [1.82, 2.24) is 42.5 Å². The number of aliphatic carboxylic acids is 1. The predicted molar refractivity (Wildman–Crippen MR) is 222 cm³/mol. The second-order valence-electron chi connectivity index (χ2n) is 17.1. The lowest BCUT2D eigenvalue weighted by molar-refractivity contribution is -0.144. The first-order valence-electron chi connectivity index (χ1n) is 20.6. The summed E-state index contributed by atoms with van der Waals surface area (Å²) in [6.07, 6.45) is 0.924. The van der Waals surface area contributed by atoms with Gasteiger partial charge in [-0.2, -0.15) is 0 Å². The maximum atomic E-state index is 13.5. The van der Waals surface area contributed by atoms with Crippen LogP contribution in [0.2, 0.25) is 0 Å². The van der Waals surface area contributed by atoms with Gasteiger partial charge >= 0.3 is 5.97 Å². The molecule has 0 aliphatic heterocycles. The summed E-state index contributed by atoms with van der Waals surface area (Å²) in [5.74, 6) is -8.15. The highest BCUT2D eigenvalue weighted by atomic mass is 16.4. The molecule has 11 N–H and O–H groups in total. The number of amides is 8. The maximum absolute atomic E-state index is 13.5. The van der Waals surface area contributed by atoms with Crippen molar-refractivity contribution in [2.24, 2.45) is 41.2 Å². The molecule has 0 unspecified atom stereocenters. The van der Waals surface area contributed by atoms with Crippen LogP contribution in [0.15, 0.2) is 0 Å². The summed E-state index contributed by atoms with van der Waals surface area (Å²) in [6.45, 7) is 21.6. The third-order valence-corrected chi connectivity index (χ3v) is 9.60. The lowest BCUT2D eigenvalue weighted by atomic mass is 9.97. The second-order valence-corrected chi connectivity index (χ2v) is 17.1. The molecule has 0 aromatic heterocycles. The van der Waals surface area contributed by atoms with Crippen molar-refractivity contribution in [2.75, 3.05) is 13.1 Å². The van der Waals surface area contributed by atoms with Gasteiger partial charge in [0.2, 0.25) is 47.3 Å². The molecule has 8 amide bonds. The van der Waals surface area contributed by atoms with Gasteiger partial charge < -0.3 is 53.4 Å². The van der Waals surface area contributed by atoms with Crippen LogP contribution < -0.4 is 48.3 Å². The molecule has 0 aliphatic rings. The average Bonchev–Trinajstić information content (AvgIpc) is 3.13. The van der Waals surface area contributed by atoms with E-state index in [4.69, 9.17) is 5.73 Å². The first-order valence-corrected chi connectivity index (χ1v) is 20.6. The Morgan fingerprint density at radius 1 is 0.475 bits per heavy atom. The molecule has 19 heteroatoms. The van der Waals surface area contributed by atoms with Crippen LogP contribution in [-0.4, -0.2) is 114 Å². The third-order valence-electron chi connectivity index (χ3n) is 9.60. The number of carboxylic acid groups (broad SMARTS) is 1. The zero-order valence-corrected chi connectivity index (χ0v) is 37.2. The molecule has 0 saturated heterocycles. The second kappa shape index (κ2) is 26.3. The molecular weight excluding hydrogens is 766 g/mol. The molecule has 8 atom stereocenters. The summed E-state index contributed by atoms with van der Waals surface area (Å²) in [4.78, 5) is 116. The zero-order valence-electron chi connectivity index (χ0n) is 37.2. The van der Waals surface area contributed by atoms with E-state index in [-0.39, 0.29) is 43.1 Å². The van der Waals surface area contributed by atoms with Crippen LogP contribution in [0.4, 0.5) is 0 Å². The van der Waals surface area contributed by atoms with Gasteiger partial charge in [-0.1, -0.05) is 89.5 Å². The molecule has 0 radical (unpaired) electrons. The molecule has 59 heavy (non-hydrogen) atoms. The van der Waals surface area contributed by atoms with Crippen molar-refractivity contribution in [3.63, 3.8) is 0 Å². The van der Waals surface area contributed by atoms with Crippen LogP contribution in [0.5, 0.6) is 0 Å². The minimum absolute atomic E-state index is 0.0399. The monoisotopic (exact) mass is 840 g/mol. The fourth-order valence-corrected chi connectivity index (χ4v) is 5.86. The minimum Gasteiger partial charge on any atom is -0.480 e. The van der Waals surface area contributed by atoms with Crippen LogP contribution in [0.1, 0.15) is 109 Å². The van der Waals surface area contributed by atoms with Gasteiger partial charge in [-0.05, 0) is 55.3 Å². The van der Waals surface area contributed by atoms with Gasteiger partial charge in [0.05, 0.1) is 13.1 Å². The number of nitrogens with one attached hydrogen (secondary N) is 8. The summed E-state index contributed by atoms with van der Waals surface area (Å²) >= 11 is 0. The summed E-state index contributed by atoms with van der Waals surface area (Å²) in [5, 5.41) is 30.3. The number of hydrogen-bond acceptors (Lipinski definition) is 10. The highest BCUT2D eigenvalue weighted by Crippen LogP contribution is 2.13. The van der Waals surface area contributed by atoms with E-state index in [0.717, 1.165) is 0 Å². The first-order chi connectivity index (χ1) is 27.3. The quantitative estimate of drug-likeness (QED) is 0.0538. The standard InChI is InChI=1S/C40H73N9O10/c1-14-24(12)33(40(58)59)49-36(54)26(15-19(2)3)44-34(52)25(13)43-38(56)31(22(8)9)47-29(51)18-42-37(55)30(21(6)7)48-35(53)27(16-20(4)5)45-39(57)32(23(10)11)46-28(50)17-41/h19-27,30-33H,14-18,41H2,1-13H3,(H,42,55)(H,43,56)(H,44,52)(H,45,57)(H,46,50)(H,47,51)(H,48,53)(H,49,54)(H,58,59)/t24-,25-,26-,27-,30-,31-,32-,33-/m0/s1. The Bertz CT molecular complexity index is 1450. The Labute approximate surface area is 349 Å². The van der Waals surface area contributed by atoms with Crippen LogP contribution >= 0.6 is 0 Å².